The van der Waals surface area contributed by atoms with Crippen LogP contribution in [0.3, 0.4) is 0 Å². The van der Waals surface area contributed by atoms with Crippen LogP contribution < -0.4 is 11.1 Å². The fourth-order valence-electron chi connectivity index (χ4n) is 1.83. The monoisotopic (exact) mass is 325 g/mol. The zero-order valence-corrected chi connectivity index (χ0v) is 12.4. The fraction of sp³-hybridized carbons (Fsp3) is 0.417. The minimum Gasteiger partial charge on any atom is -0.369 e. The van der Waals surface area contributed by atoms with Crippen molar-refractivity contribution in [1.82, 2.24) is 19.9 Å². The quantitative estimate of drug-likeness (QED) is 0.895. The molecule has 0 aliphatic heterocycles. The Morgan fingerprint density at radius 3 is 3.00 bits per heavy atom. The number of imidazole rings is 1. The topological polar surface area (TPSA) is 85.8 Å². The number of amides is 1. The highest BCUT2D eigenvalue weighted by Crippen LogP contribution is 2.19. The first-order valence-corrected chi connectivity index (χ1v) is 6.83. The van der Waals surface area contributed by atoms with Crippen LogP contribution in [0.15, 0.2) is 16.7 Å². The molecule has 102 valence electrons. The first-order chi connectivity index (χ1) is 8.97. The Bertz CT molecular complexity index is 607. The van der Waals surface area contributed by atoms with Gasteiger partial charge in [0.25, 0.3) is 0 Å². The van der Waals surface area contributed by atoms with E-state index in [9.17, 15) is 4.79 Å². The van der Waals surface area contributed by atoms with Crippen molar-refractivity contribution in [2.45, 2.75) is 32.9 Å². The molecule has 0 aliphatic rings. The van der Waals surface area contributed by atoms with Crippen molar-refractivity contribution >= 4 is 38.9 Å². The van der Waals surface area contributed by atoms with Gasteiger partial charge in [-0.25, -0.2) is 9.97 Å². The summed E-state index contributed by atoms with van der Waals surface area (Å²) in [6.45, 7) is 4.32. The predicted molar refractivity (Wildman–Crippen MR) is 77.5 cm³/mol. The minimum atomic E-state index is -0.00615. The summed E-state index contributed by atoms with van der Waals surface area (Å²) in [4.78, 5) is 20.1. The van der Waals surface area contributed by atoms with E-state index in [1.807, 2.05) is 19.9 Å². The number of nitrogens with zero attached hydrogens (tertiary/aromatic N) is 3. The number of anilines is 1. The number of aromatic nitrogens is 3. The highest BCUT2D eigenvalue weighted by Gasteiger charge is 2.11. The van der Waals surface area contributed by atoms with Crippen molar-refractivity contribution in [2.75, 3.05) is 5.73 Å². The Morgan fingerprint density at radius 2 is 2.32 bits per heavy atom. The third-order valence-electron chi connectivity index (χ3n) is 2.59. The average Bonchev–Trinajstić information content (AvgIpc) is 2.60. The number of pyridine rings is 1. The maximum Gasteiger partial charge on any atom is 0.221 e. The Hall–Kier alpha value is -1.63. The van der Waals surface area contributed by atoms with Gasteiger partial charge in [0.1, 0.15) is 5.52 Å². The lowest BCUT2D eigenvalue weighted by molar-refractivity contribution is -0.121. The lowest BCUT2D eigenvalue weighted by Gasteiger charge is -2.09. The Morgan fingerprint density at radius 1 is 1.58 bits per heavy atom. The second kappa shape index (κ2) is 5.56. The number of fused-ring (bicyclic) bond motifs is 1. The molecule has 1 amide bonds. The molecule has 0 radical (unpaired) electrons. The minimum absolute atomic E-state index is 0.00615. The summed E-state index contributed by atoms with van der Waals surface area (Å²) in [6, 6.07) is 1.99. The van der Waals surface area contributed by atoms with Crippen molar-refractivity contribution in [1.29, 1.82) is 0 Å². The predicted octanol–water partition coefficient (Wildman–Crippen LogP) is 1.69. The molecule has 7 heteroatoms. The highest BCUT2D eigenvalue weighted by atomic mass is 79.9. The van der Waals surface area contributed by atoms with E-state index < -0.39 is 0 Å². The van der Waals surface area contributed by atoms with Crippen molar-refractivity contribution in [3.8, 4) is 0 Å². The molecular formula is C12H16BrN5O. The molecular weight excluding hydrogens is 310 g/mol. The molecule has 0 bridgehead atoms. The third-order valence-corrected chi connectivity index (χ3v) is 3.03. The van der Waals surface area contributed by atoms with Gasteiger partial charge in [-0.05, 0) is 35.8 Å². The van der Waals surface area contributed by atoms with Crippen LogP contribution in [0.4, 0.5) is 5.95 Å². The SMILES string of the molecule is CC(C)NC(=O)CCn1c(N)nc2cc(Br)cnc21. The first-order valence-electron chi connectivity index (χ1n) is 6.04. The number of hydrogen-bond donors (Lipinski definition) is 2. The van der Waals surface area contributed by atoms with Gasteiger partial charge in [-0.3, -0.25) is 9.36 Å². The summed E-state index contributed by atoms with van der Waals surface area (Å²) >= 11 is 3.34. The fourth-order valence-corrected chi connectivity index (χ4v) is 2.15. The van der Waals surface area contributed by atoms with Crippen molar-refractivity contribution in [3.05, 3.63) is 16.7 Å². The zero-order chi connectivity index (χ0) is 14.0. The van der Waals surface area contributed by atoms with E-state index in [0.29, 0.717) is 24.6 Å². The lowest BCUT2D eigenvalue weighted by Crippen LogP contribution is -2.30. The molecule has 0 aliphatic carbocycles. The summed E-state index contributed by atoms with van der Waals surface area (Å²) < 4.78 is 2.60. The van der Waals surface area contributed by atoms with E-state index in [4.69, 9.17) is 5.73 Å². The zero-order valence-electron chi connectivity index (χ0n) is 10.9. The normalized spacial score (nSPS) is 11.2. The van der Waals surface area contributed by atoms with Crippen LogP contribution in [0, 0.1) is 0 Å². The van der Waals surface area contributed by atoms with Crippen LogP contribution in [0.2, 0.25) is 0 Å². The van der Waals surface area contributed by atoms with Crippen LogP contribution in [-0.4, -0.2) is 26.5 Å². The molecule has 0 spiro atoms. The van der Waals surface area contributed by atoms with Gasteiger partial charge < -0.3 is 11.1 Å². The van der Waals surface area contributed by atoms with Crippen LogP contribution in [0.25, 0.3) is 11.2 Å². The Labute approximate surface area is 119 Å². The van der Waals surface area contributed by atoms with Gasteiger partial charge in [0.2, 0.25) is 11.9 Å². The van der Waals surface area contributed by atoms with E-state index in [2.05, 4.69) is 31.2 Å². The second-order valence-corrected chi connectivity index (χ2v) is 5.51. The van der Waals surface area contributed by atoms with E-state index in [-0.39, 0.29) is 11.9 Å². The van der Waals surface area contributed by atoms with Crippen LogP contribution in [0.1, 0.15) is 20.3 Å². The third kappa shape index (κ3) is 3.23. The van der Waals surface area contributed by atoms with Gasteiger partial charge in [0, 0.05) is 29.7 Å². The Kier molecular flexibility index (Phi) is 4.04. The molecule has 2 heterocycles. The molecule has 0 unspecified atom stereocenters. The molecule has 0 aromatic carbocycles. The van der Waals surface area contributed by atoms with E-state index in [1.54, 1.807) is 10.8 Å². The summed E-state index contributed by atoms with van der Waals surface area (Å²) in [5.41, 5.74) is 7.27. The molecule has 6 nitrogen and oxygen atoms in total. The van der Waals surface area contributed by atoms with Gasteiger partial charge in [0.15, 0.2) is 5.65 Å². The highest BCUT2D eigenvalue weighted by molar-refractivity contribution is 9.10. The number of nitrogens with one attached hydrogen (secondary N) is 1. The molecule has 2 aromatic heterocycles. The molecule has 2 rings (SSSR count). The van der Waals surface area contributed by atoms with Crippen molar-refractivity contribution < 1.29 is 4.79 Å². The number of hydrogen-bond acceptors (Lipinski definition) is 4. The number of rotatable bonds is 4. The van der Waals surface area contributed by atoms with Crippen LogP contribution >= 0.6 is 15.9 Å². The van der Waals surface area contributed by atoms with Gasteiger partial charge in [-0.15, -0.1) is 0 Å². The summed E-state index contributed by atoms with van der Waals surface area (Å²) in [6.07, 6.45) is 2.04. The standard InChI is InChI=1S/C12H16BrN5O/c1-7(2)16-10(19)3-4-18-11-9(17-12(18)14)5-8(13)6-15-11/h5-7H,3-4H2,1-2H3,(H2,14,17)(H,16,19). The van der Waals surface area contributed by atoms with Gasteiger partial charge in [0.05, 0.1) is 0 Å². The summed E-state index contributed by atoms with van der Waals surface area (Å²) in [7, 11) is 0. The molecule has 0 fully saturated rings. The van der Waals surface area contributed by atoms with Gasteiger partial charge in [-0.2, -0.15) is 0 Å². The van der Waals surface area contributed by atoms with E-state index in [1.165, 1.54) is 0 Å². The maximum absolute atomic E-state index is 11.6. The maximum atomic E-state index is 11.6. The van der Waals surface area contributed by atoms with Crippen LogP contribution in [0.5, 0.6) is 0 Å². The van der Waals surface area contributed by atoms with Crippen molar-refractivity contribution in [3.63, 3.8) is 0 Å². The molecule has 3 N–H and O–H groups in total. The number of carbonyl (C=O) groups excluding carboxylic acids is 1. The van der Waals surface area contributed by atoms with E-state index in [0.717, 1.165) is 9.99 Å². The summed E-state index contributed by atoms with van der Waals surface area (Å²) in [5, 5.41) is 2.84. The number of aryl methyl sites for hydroxylation is 1. The number of nitrogens with two attached hydrogens (primary N) is 1. The average molecular weight is 326 g/mol. The number of carbonyl (C=O) groups is 1. The lowest BCUT2D eigenvalue weighted by atomic mass is 10.3. The van der Waals surface area contributed by atoms with Gasteiger partial charge in [-0.1, -0.05) is 0 Å². The molecule has 0 saturated heterocycles. The van der Waals surface area contributed by atoms with Crippen LogP contribution in [-0.2, 0) is 11.3 Å². The molecule has 2 aromatic rings. The second-order valence-electron chi connectivity index (χ2n) is 4.59. The molecule has 0 saturated carbocycles. The largest absolute Gasteiger partial charge is 0.369 e. The number of nitrogen functional groups attached to an aromatic ring is 1. The smallest absolute Gasteiger partial charge is 0.221 e. The van der Waals surface area contributed by atoms with Crippen molar-refractivity contribution in [2.24, 2.45) is 0 Å². The number of halogens is 1. The first kappa shape index (κ1) is 13.8. The Balaban J connectivity index is 2.16. The molecule has 0 atom stereocenters. The summed E-state index contributed by atoms with van der Waals surface area (Å²) in [5.74, 6) is 0.367. The van der Waals surface area contributed by atoms with Gasteiger partial charge >= 0.3 is 0 Å². The molecule has 19 heavy (non-hydrogen) atoms. The van der Waals surface area contributed by atoms with E-state index >= 15 is 0 Å².